The maximum absolute atomic E-state index is 9.64. The van der Waals surface area contributed by atoms with Gasteiger partial charge >= 0.3 is 0 Å². The van der Waals surface area contributed by atoms with Crippen LogP contribution in [0.2, 0.25) is 0 Å². The average Bonchev–Trinajstić information content (AvgIpc) is 3.49. The van der Waals surface area contributed by atoms with Crippen molar-refractivity contribution in [1.82, 2.24) is 19.5 Å². The van der Waals surface area contributed by atoms with Crippen molar-refractivity contribution in [2.45, 2.75) is 0 Å². The Hall–Kier alpha value is -6.89. The van der Waals surface area contributed by atoms with Gasteiger partial charge in [0.1, 0.15) is 0 Å². The molecule has 0 unspecified atom stereocenters. The molecule has 218 valence electrons. The van der Waals surface area contributed by atoms with Gasteiger partial charge in [-0.2, -0.15) is 10.5 Å². The molecule has 0 atom stereocenters. The Morgan fingerprint density at radius 3 is 1.66 bits per heavy atom. The summed E-state index contributed by atoms with van der Waals surface area (Å²) in [6.45, 7) is 0. The van der Waals surface area contributed by atoms with E-state index in [-0.39, 0.29) is 0 Å². The molecule has 2 aromatic heterocycles. The Morgan fingerprint density at radius 1 is 0.426 bits per heavy atom. The molecule has 0 radical (unpaired) electrons. The van der Waals surface area contributed by atoms with Crippen molar-refractivity contribution in [3.63, 3.8) is 0 Å². The number of nitriles is 2. The molecule has 6 nitrogen and oxygen atoms in total. The predicted octanol–water partition coefficient (Wildman–Crippen LogP) is 9.38. The quantitative estimate of drug-likeness (QED) is 0.196. The minimum absolute atomic E-state index is 0.534. The highest BCUT2D eigenvalue weighted by Gasteiger charge is 2.19. The summed E-state index contributed by atoms with van der Waals surface area (Å²) in [4.78, 5) is 15.0. The summed E-state index contributed by atoms with van der Waals surface area (Å²) in [5.41, 5.74) is 8.62. The van der Waals surface area contributed by atoms with E-state index in [0.29, 0.717) is 28.6 Å². The fourth-order valence-corrected chi connectivity index (χ4v) is 6.08. The summed E-state index contributed by atoms with van der Waals surface area (Å²) in [5, 5.41) is 21.2. The van der Waals surface area contributed by atoms with Crippen molar-refractivity contribution in [1.29, 1.82) is 10.5 Å². The minimum Gasteiger partial charge on any atom is -0.309 e. The zero-order chi connectivity index (χ0) is 31.7. The van der Waals surface area contributed by atoms with E-state index >= 15 is 0 Å². The summed E-state index contributed by atoms with van der Waals surface area (Å²) >= 11 is 0. The molecular weight excluding hydrogens is 576 g/mol. The lowest BCUT2D eigenvalue weighted by Crippen LogP contribution is -2.02. The highest BCUT2D eigenvalue weighted by Crippen LogP contribution is 2.38. The molecule has 8 aromatic rings. The van der Waals surface area contributed by atoms with Crippen LogP contribution < -0.4 is 0 Å². The highest BCUT2D eigenvalue weighted by molar-refractivity contribution is 6.09. The molecule has 0 bridgehead atoms. The Morgan fingerprint density at radius 2 is 1.00 bits per heavy atom. The standard InChI is InChI=1S/C41H24N6/c42-25-27-15-18-29(19-16-27)33-21-20-32(47-37-14-8-7-13-34(37)35-23-28(26-43)17-22-38(35)47)24-36(33)41-45-39(30-9-3-1-4-10-30)44-40(46-41)31-11-5-2-6-12-31/h1-24H. The topological polar surface area (TPSA) is 91.2 Å². The molecule has 0 N–H and O–H groups in total. The van der Waals surface area contributed by atoms with Crippen LogP contribution in [0.15, 0.2) is 146 Å². The third-order valence-electron chi connectivity index (χ3n) is 8.33. The van der Waals surface area contributed by atoms with E-state index in [1.54, 1.807) is 0 Å². The SMILES string of the molecule is N#Cc1ccc(-c2ccc(-n3c4ccccc4c4cc(C#N)ccc43)cc2-c2nc(-c3ccccc3)nc(-c3ccccc3)n2)cc1. The summed E-state index contributed by atoms with van der Waals surface area (Å²) in [6.07, 6.45) is 0. The first-order chi connectivity index (χ1) is 23.2. The van der Waals surface area contributed by atoms with Crippen molar-refractivity contribution in [2.24, 2.45) is 0 Å². The summed E-state index contributed by atoms with van der Waals surface area (Å²) in [6, 6.07) is 52.3. The number of hydrogen-bond acceptors (Lipinski definition) is 5. The largest absolute Gasteiger partial charge is 0.309 e. The van der Waals surface area contributed by atoms with Gasteiger partial charge in [0.05, 0.1) is 34.3 Å². The Labute approximate surface area is 271 Å². The summed E-state index contributed by atoms with van der Waals surface area (Å²) < 4.78 is 2.22. The van der Waals surface area contributed by atoms with Gasteiger partial charge in [-0.25, -0.2) is 15.0 Å². The van der Waals surface area contributed by atoms with Gasteiger partial charge in [0, 0.05) is 33.2 Å². The first-order valence-corrected chi connectivity index (χ1v) is 15.2. The number of para-hydroxylation sites is 1. The van der Waals surface area contributed by atoms with Crippen molar-refractivity contribution in [2.75, 3.05) is 0 Å². The lowest BCUT2D eigenvalue weighted by atomic mass is 9.97. The predicted molar refractivity (Wildman–Crippen MR) is 185 cm³/mol. The van der Waals surface area contributed by atoms with Crippen LogP contribution >= 0.6 is 0 Å². The lowest BCUT2D eigenvalue weighted by Gasteiger charge is -2.15. The summed E-state index contributed by atoms with van der Waals surface area (Å²) in [5.74, 6) is 1.68. The molecule has 0 saturated carbocycles. The van der Waals surface area contributed by atoms with E-state index in [0.717, 1.165) is 55.3 Å². The van der Waals surface area contributed by atoms with Crippen LogP contribution in [-0.4, -0.2) is 19.5 Å². The highest BCUT2D eigenvalue weighted by atomic mass is 15.0. The molecule has 2 heterocycles. The molecule has 0 aliphatic heterocycles. The molecule has 8 rings (SSSR count). The van der Waals surface area contributed by atoms with Gasteiger partial charge in [-0.1, -0.05) is 97.1 Å². The molecule has 0 fully saturated rings. The van der Waals surface area contributed by atoms with Crippen molar-refractivity contribution < 1.29 is 0 Å². The van der Waals surface area contributed by atoms with Crippen molar-refractivity contribution in [3.05, 3.63) is 157 Å². The number of nitrogens with zero attached hydrogens (tertiary/aromatic N) is 6. The third-order valence-corrected chi connectivity index (χ3v) is 8.33. The third kappa shape index (κ3) is 4.97. The van der Waals surface area contributed by atoms with Gasteiger partial charge in [0.25, 0.3) is 0 Å². The fourth-order valence-electron chi connectivity index (χ4n) is 6.08. The molecule has 0 aliphatic carbocycles. The molecule has 6 aromatic carbocycles. The zero-order valence-electron chi connectivity index (χ0n) is 25.0. The van der Waals surface area contributed by atoms with E-state index < -0.39 is 0 Å². The van der Waals surface area contributed by atoms with Gasteiger partial charge in [0.15, 0.2) is 17.5 Å². The van der Waals surface area contributed by atoms with Crippen LogP contribution in [0.1, 0.15) is 11.1 Å². The number of aromatic nitrogens is 4. The van der Waals surface area contributed by atoms with Crippen LogP contribution in [0.4, 0.5) is 0 Å². The second-order valence-electron chi connectivity index (χ2n) is 11.2. The normalized spacial score (nSPS) is 10.9. The molecule has 0 aliphatic rings. The molecule has 0 amide bonds. The van der Waals surface area contributed by atoms with Gasteiger partial charge < -0.3 is 4.57 Å². The maximum Gasteiger partial charge on any atom is 0.164 e. The first kappa shape index (κ1) is 27.6. The fraction of sp³-hybridized carbons (Fsp3) is 0. The smallest absolute Gasteiger partial charge is 0.164 e. The van der Waals surface area contributed by atoms with Gasteiger partial charge in [-0.15, -0.1) is 0 Å². The van der Waals surface area contributed by atoms with E-state index in [1.807, 2.05) is 115 Å². The molecule has 47 heavy (non-hydrogen) atoms. The van der Waals surface area contributed by atoms with Crippen molar-refractivity contribution in [3.8, 4) is 63.1 Å². The number of hydrogen-bond donors (Lipinski definition) is 0. The first-order valence-electron chi connectivity index (χ1n) is 15.2. The molecule has 0 spiro atoms. The van der Waals surface area contributed by atoms with Crippen LogP contribution in [0, 0.1) is 22.7 Å². The van der Waals surface area contributed by atoms with Crippen LogP contribution in [-0.2, 0) is 0 Å². The average molecular weight is 601 g/mol. The van der Waals surface area contributed by atoms with Gasteiger partial charge in [-0.05, 0) is 59.7 Å². The number of rotatable bonds is 5. The van der Waals surface area contributed by atoms with E-state index in [2.05, 4.69) is 47.0 Å². The molecule has 0 saturated heterocycles. The molecular formula is C41H24N6. The van der Waals surface area contributed by atoms with Crippen molar-refractivity contribution >= 4 is 21.8 Å². The van der Waals surface area contributed by atoms with E-state index in [9.17, 15) is 10.5 Å². The Balaban J connectivity index is 1.42. The Kier molecular flexibility index (Phi) is 6.80. The van der Waals surface area contributed by atoms with Gasteiger partial charge in [0.2, 0.25) is 0 Å². The van der Waals surface area contributed by atoms with E-state index in [4.69, 9.17) is 15.0 Å². The second-order valence-corrected chi connectivity index (χ2v) is 11.2. The molecule has 6 heteroatoms. The van der Waals surface area contributed by atoms with Crippen LogP contribution in [0.5, 0.6) is 0 Å². The van der Waals surface area contributed by atoms with Crippen LogP contribution in [0.25, 0.3) is 72.8 Å². The maximum atomic E-state index is 9.64. The second kappa shape index (κ2) is 11.6. The zero-order valence-corrected chi connectivity index (χ0v) is 25.0. The minimum atomic E-state index is 0.534. The van der Waals surface area contributed by atoms with Gasteiger partial charge in [-0.3, -0.25) is 0 Å². The monoisotopic (exact) mass is 600 g/mol. The number of benzene rings is 6. The summed E-state index contributed by atoms with van der Waals surface area (Å²) in [7, 11) is 0. The van der Waals surface area contributed by atoms with Crippen LogP contribution in [0.3, 0.4) is 0 Å². The Bertz CT molecular complexity index is 2460. The lowest BCUT2D eigenvalue weighted by molar-refractivity contribution is 1.07. The number of fused-ring (bicyclic) bond motifs is 3. The van der Waals surface area contributed by atoms with E-state index in [1.165, 1.54) is 0 Å².